The first-order valence-corrected chi connectivity index (χ1v) is 10.6. The van der Waals surface area contributed by atoms with Gasteiger partial charge in [-0.2, -0.15) is 15.3 Å². The second-order valence-electron chi connectivity index (χ2n) is 7.55. The van der Waals surface area contributed by atoms with Crippen LogP contribution in [-0.4, -0.2) is 39.3 Å². The number of fused-ring (bicyclic) bond motifs is 4. The first-order chi connectivity index (χ1) is 15.1. The number of nitrogens with one attached hydrogen (secondary N) is 1. The largest absolute Gasteiger partial charge is 0.323 e. The summed E-state index contributed by atoms with van der Waals surface area (Å²) in [6.07, 6.45) is 6.07. The molecule has 0 amide bonds. The minimum absolute atomic E-state index is 0.125. The Balaban J connectivity index is 1.44. The highest BCUT2D eigenvalue weighted by Crippen LogP contribution is 2.31. The van der Waals surface area contributed by atoms with Crippen molar-refractivity contribution in [1.82, 2.24) is 39.3 Å². The normalized spacial score (nSPS) is 11.9. The summed E-state index contributed by atoms with van der Waals surface area (Å²) in [7, 11) is 3.79. The van der Waals surface area contributed by atoms with Crippen LogP contribution in [0.1, 0.15) is 16.3 Å². The molecule has 6 rings (SSSR count). The van der Waals surface area contributed by atoms with Gasteiger partial charge in [-0.3, -0.25) is 14.6 Å². The number of H-pyrrole nitrogens is 1. The molecule has 1 aromatic carbocycles. The van der Waals surface area contributed by atoms with E-state index in [2.05, 4.69) is 20.4 Å². The zero-order valence-corrected chi connectivity index (χ0v) is 17.7. The number of thiazole rings is 1. The lowest BCUT2D eigenvalue weighted by Crippen LogP contribution is -2.24. The first kappa shape index (κ1) is 18.0. The molecular formula is C21H18N8OS. The summed E-state index contributed by atoms with van der Waals surface area (Å²) < 4.78 is 6.20. The number of benzene rings is 1. The van der Waals surface area contributed by atoms with E-state index in [-0.39, 0.29) is 5.56 Å². The highest BCUT2D eigenvalue weighted by Gasteiger charge is 2.19. The Kier molecular flexibility index (Phi) is 3.84. The van der Waals surface area contributed by atoms with E-state index in [1.807, 2.05) is 53.8 Å². The Morgan fingerprint density at radius 2 is 1.97 bits per heavy atom. The average molecular weight is 430 g/mol. The van der Waals surface area contributed by atoms with Crippen LogP contribution in [-0.2, 0) is 27.1 Å². The Morgan fingerprint density at radius 3 is 2.81 bits per heavy atom. The van der Waals surface area contributed by atoms with E-state index >= 15 is 0 Å². The zero-order valence-electron chi connectivity index (χ0n) is 16.9. The fourth-order valence-corrected chi connectivity index (χ4v) is 5.22. The molecule has 31 heavy (non-hydrogen) atoms. The van der Waals surface area contributed by atoms with Crippen LogP contribution in [0.25, 0.3) is 32.2 Å². The van der Waals surface area contributed by atoms with E-state index in [0.29, 0.717) is 18.5 Å². The molecule has 0 aliphatic heterocycles. The molecule has 10 heteroatoms. The number of hydrogen-bond donors (Lipinski definition) is 1. The Hall–Kier alpha value is -3.79. The maximum Gasteiger partial charge on any atom is 0.291 e. The highest BCUT2D eigenvalue weighted by atomic mass is 32.1. The van der Waals surface area contributed by atoms with Gasteiger partial charge in [-0.05, 0) is 17.7 Å². The van der Waals surface area contributed by atoms with E-state index in [1.165, 1.54) is 4.68 Å². The van der Waals surface area contributed by atoms with Gasteiger partial charge in [-0.25, -0.2) is 9.67 Å². The van der Waals surface area contributed by atoms with Crippen LogP contribution >= 0.6 is 11.3 Å². The standard InChI is InChI=1S/C21H18N8OS/c1-27-18-15(19-20(27)25-17(31-19)8-13-6-7-22-26-13)10-24-29(21(18)30)11-12-4-3-5-16-14(12)9-23-28(16)2/h3-7,9-10H,8,11H2,1-2H3,(H,22,26). The maximum atomic E-state index is 13.3. The van der Waals surface area contributed by atoms with E-state index < -0.39 is 0 Å². The van der Waals surface area contributed by atoms with Gasteiger partial charge >= 0.3 is 0 Å². The first-order valence-electron chi connectivity index (χ1n) is 9.82. The molecule has 1 N–H and O–H groups in total. The third-order valence-electron chi connectivity index (χ3n) is 5.66. The molecule has 0 radical (unpaired) electrons. The number of aromatic nitrogens is 8. The SMILES string of the molecule is Cn1ncc2c(Cn3ncc4c5sc(Cc6cc[nH]n6)nc5n(C)c4c3=O)cccc21. The number of rotatable bonds is 4. The van der Waals surface area contributed by atoms with Crippen molar-refractivity contribution < 1.29 is 0 Å². The van der Waals surface area contributed by atoms with Crippen LogP contribution in [0.4, 0.5) is 0 Å². The maximum absolute atomic E-state index is 13.3. The quantitative estimate of drug-likeness (QED) is 0.463. The van der Waals surface area contributed by atoms with Crippen molar-refractivity contribution in [3.8, 4) is 0 Å². The van der Waals surface area contributed by atoms with Crippen molar-refractivity contribution in [2.24, 2.45) is 14.1 Å². The lowest BCUT2D eigenvalue weighted by Gasteiger charge is -2.07. The van der Waals surface area contributed by atoms with Crippen molar-refractivity contribution in [2.75, 3.05) is 0 Å². The molecule has 0 spiro atoms. The van der Waals surface area contributed by atoms with Gasteiger partial charge in [-0.1, -0.05) is 12.1 Å². The minimum atomic E-state index is -0.125. The summed E-state index contributed by atoms with van der Waals surface area (Å²) in [6, 6.07) is 7.94. The molecule has 0 saturated heterocycles. The summed E-state index contributed by atoms with van der Waals surface area (Å²) in [5.74, 6) is 0. The smallest absolute Gasteiger partial charge is 0.291 e. The van der Waals surface area contributed by atoms with Crippen molar-refractivity contribution in [3.63, 3.8) is 0 Å². The van der Waals surface area contributed by atoms with E-state index in [9.17, 15) is 4.79 Å². The summed E-state index contributed by atoms with van der Waals surface area (Å²) >= 11 is 1.58. The molecule has 0 fully saturated rings. The van der Waals surface area contributed by atoms with Gasteiger partial charge in [0.15, 0.2) is 5.65 Å². The van der Waals surface area contributed by atoms with Gasteiger partial charge in [0, 0.05) is 37.5 Å². The molecule has 0 aliphatic rings. The second-order valence-corrected chi connectivity index (χ2v) is 8.63. The summed E-state index contributed by atoms with van der Waals surface area (Å²) in [6.45, 7) is 0.383. The molecule has 0 aliphatic carbocycles. The van der Waals surface area contributed by atoms with Crippen LogP contribution in [0.15, 0.2) is 47.7 Å². The predicted molar refractivity (Wildman–Crippen MR) is 119 cm³/mol. The van der Waals surface area contributed by atoms with Crippen molar-refractivity contribution in [2.45, 2.75) is 13.0 Å². The van der Waals surface area contributed by atoms with Crippen LogP contribution < -0.4 is 5.56 Å². The molecule has 154 valence electrons. The van der Waals surface area contributed by atoms with Gasteiger partial charge in [0.2, 0.25) is 0 Å². The molecule has 0 unspecified atom stereocenters. The molecular weight excluding hydrogens is 412 g/mol. The summed E-state index contributed by atoms with van der Waals surface area (Å²) in [5, 5.41) is 18.7. The molecule has 0 saturated carbocycles. The lowest BCUT2D eigenvalue weighted by molar-refractivity contribution is 0.647. The van der Waals surface area contributed by atoms with Gasteiger partial charge in [0.25, 0.3) is 5.56 Å². The lowest BCUT2D eigenvalue weighted by atomic mass is 10.1. The van der Waals surface area contributed by atoms with E-state index in [1.54, 1.807) is 23.7 Å². The fourth-order valence-electron chi connectivity index (χ4n) is 4.10. The Bertz CT molecular complexity index is 1630. The van der Waals surface area contributed by atoms with Crippen LogP contribution in [0.3, 0.4) is 0 Å². The van der Waals surface area contributed by atoms with Gasteiger partial charge in [0.05, 0.1) is 34.8 Å². The third-order valence-corrected chi connectivity index (χ3v) is 6.74. The summed E-state index contributed by atoms with van der Waals surface area (Å²) in [5.41, 5.74) is 4.27. The summed E-state index contributed by atoms with van der Waals surface area (Å²) in [4.78, 5) is 18.1. The average Bonchev–Trinajstić information content (AvgIpc) is 3.53. The van der Waals surface area contributed by atoms with E-state index in [0.717, 1.165) is 42.9 Å². The molecule has 0 bridgehead atoms. The fraction of sp³-hybridized carbons (Fsp3) is 0.190. The van der Waals surface area contributed by atoms with Crippen LogP contribution in [0, 0.1) is 0 Å². The van der Waals surface area contributed by atoms with Crippen LogP contribution in [0.2, 0.25) is 0 Å². The monoisotopic (exact) mass is 430 g/mol. The number of hydrogen-bond acceptors (Lipinski definition) is 6. The third kappa shape index (κ3) is 2.72. The van der Waals surface area contributed by atoms with Gasteiger partial charge in [-0.15, -0.1) is 11.3 Å². The zero-order chi connectivity index (χ0) is 21.1. The number of nitrogens with zero attached hydrogens (tertiary/aromatic N) is 7. The molecule has 6 aromatic rings. The molecule has 5 heterocycles. The Morgan fingerprint density at radius 1 is 1.10 bits per heavy atom. The molecule has 5 aromatic heterocycles. The van der Waals surface area contributed by atoms with Gasteiger partial charge < -0.3 is 4.57 Å². The van der Waals surface area contributed by atoms with Crippen molar-refractivity contribution in [1.29, 1.82) is 0 Å². The predicted octanol–water partition coefficient (Wildman–Crippen LogP) is 2.59. The van der Waals surface area contributed by atoms with Gasteiger partial charge in [0.1, 0.15) is 10.5 Å². The second kappa shape index (κ2) is 6.61. The molecule has 9 nitrogen and oxygen atoms in total. The molecule has 0 atom stereocenters. The van der Waals surface area contributed by atoms with Crippen molar-refractivity contribution in [3.05, 3.63) is 69.5 Å². The number of aryl methyl sites for hydroxylation is 2. The minimum Gasteiger partial charge on any atom is -0.323 e. The van der Waals surface area contributed by atoms with Crippen LogP contribution in [0.5, 0.6) is 0 Å². The van der Waals surface area contributed by atoms with Crippen molar-refractivity contribution >= 4 is 43.5 Å². The highest BCUT2D eigenvalue weighted by molar-refractivity contribution is 7.19. The Labute approximate surface area is 179 Å². The van der Waals surface area contributed by atoms with E-state index in [4.69, 9.17) is 4.98 Å². The number of aromatic amines is 1. The topological polar surface area (TPSA) is 99.2 Å².